The monoisotopic (exact) mass is 375 g/mol. The predicted molar refractivity (Wildman–Crippen MR) is 92.4 cm³/mol. The zero-order valence-electron chi connectivity index (χ0n) is 14.6. The Labute approximate surface area is 153 Å². The van der Waals surface area contributed by atoms with Crippen LogP contribution < -0.4 is 5.32 Å². The number of benzene rings is 1. The van der Waals surface area contributed by atoms with E-state index in [4.69, 9.17) is 4.52 Å². The second-order valence-electron chi connectivity index (χ2n) is 6.67. The number of nitrogens with one attached hydrogen (secondary N) is 1. The van der Waals surface area contributed by atoms with Crippen molar-refractivity contribution in [3.8, 4) is 0 Å². The summed E-state index contributed by atoms with van der Waals surface area (Å²) in [6.45, 7) is -0.0552. The van der Waals surface area contributed by atoms with E-state index < -0.39 is 12.3 Å². The molecular weight excluding hydrogens is 356 g/mol. The smallest absolute Gasteiger partial charge is 0.316 e. The molecule has 9 heteroatoms. The molecule has 27 heavy (non-hydrogen) atoms. The van der Waals surface area contributed by atoms with E-state index in [1.807, 2.05) is 0 Å². The van der Waals surface area contributed by atoms with Crippen LogP contribution in [-0.2, 0) is 6.54 Å². The van der Waals surface area contributed by atoms with Crippen LogP contribution in [0.25, 0.3) is 11.0 Å². The minimum absolute atomic E-state index is 0.0552. The fourth-order valence-corrected chi connectivity index (χ4v) is 3.47. The number of rotatable bonds is 5. The number of alkyl halides is 2. The molecule has 1 aromatic carbocycles. The van der Waals surface area contributed by atoms with Gasteiger partial charge in [-0.1, -0.05) is 36.6 Å². The Hall–Kier alpha value is -2.84. The first-order valence-corrected chi connectivity index (χ1v) is 8.98. The summed E-state index contributed by atoms with van der Waals surface area (Å²) in [6.07, 6.45) is 2.49. The zero-order valence-corrected chi connectivity index (χ0v) is 14.6. The molecule has 4 rings (SSSR count). The van der Waals surface area contributed by atoms with E-state index in [-0.39, 0.29) is 30.1 Å². The van der Waals surface area contributed by atoms with E-state index in [9.17, 15) is 13.6 Å². The summed E-state index contributed by atoms with van der Waals surface area (Å²) in [5.41, 5.74) is 1.01. The largest absolute Gasteiger partial charge is 0.345 e. The molecule has 3 aromatic rings. The molecule has 0 atom stereocenters. The van der Waals surface area contributed by atoms with Crippen molar-refractivity contribution >= 4 is 16.9 Å². The first-order chi connectivity index (χ1) is 13.1. The molecule has 1 N–H and O–H groups in total. The summed E-state index contributed by atoms with van der Waals surface area (Å²) in [5.74, 6) is -0.799. The topological polar surface area (TPSA) is 85.8 Å². The fraction of sp³-hybridized carbons (Fsp3) is 0.444. The molecule has 0 aliphatic heterocycles. The summed E-state index contributed by atoms with van der Waals surface area (Å²) in [6, 6.07) is 6.96. The van der Waals surface area contributed by atoms with E-state index in [2.05, 4.69) is 20.4 Å². The fourth-order valence-electron chi connectivity index (χ4n) is 3.47. The Morgan fingerprint density at radius 3 is 2.78 bits per heavy atom. The van der Waals surface area contributed by atoms with Crippen LogP contribution in [-0.4, -0.2) is 31.6 Å². The van der Waals surface area contributed by atoms with Crippen molar-refractivity contribution in [1.82, 2.24) is 25.0 Å². The number of hydrogen-bond donors (Lipinski definition) is 1. The third kappa shape index (κ3) is 3.67. The summed E-state index contributed by atoms with van der Waals surface area (Å²) in [4.78, 5) is 20.3. The average Bonchev–Trinajstić information content (AvgIpc) is 3.28. The Bertz CT molecular complexity index is 946. The maximum absolute atomic E-state index is 13.4. The number of para-hydroxylation sites is 2. The van der Waals surface area contributed by atoms with Crippen LogP contribution in [0.15, 0.2) is 28.8 Å². The first-order valence-electron chi connectivity index (χ1n) is 8.98. The van der Waals surface area contributed by atoms with Crippen LogP contribution in [0, 0.1) is 0 Å². The van der Waals surface area contributed by atoms with Gasteiger partial charge < -0.3 is 14.4 Å². The van der Waals surface area contributed by atoms with Crippen LogP contribution in [0.2, 0.25) is 0 Å². The average molecular weight is 375 g/mol. The van der Waals surface area contributed by atoms with Crippen molar-refractivity contribution < 1.29 is 18.1 Å². The van der Waals surface area contributed by atoms with Gasteiger partial charge in [0.2, 0.25) is 0 Å². The molecule has 1 aliphatic carbocycles. The molecule has 1 fully saturated rings. The Kier molecular flexibility index (Phi) is 4.83. The van der Waals surface area contributed by atoms with Gasteiger partial charge in [0, 0.05) is 6.04 Å². The summed E-state index contributed by atoms with van der Waals surface area (Å²) < 4.78 is 33.1. The highest BCUT2D eigenvalue weighted by Gasteiger charge is 2.23. The Morgan fingerprint density at radius 2 is 2.00 bits per heavy atom. The molecule has 1 saturated carbocycles. The van der Waals surface area contributed by atoms with Crippen molar-refractivity contribution in [3.63, 3.8) is 0 Å². The molecule has 0 saturated heterocycles. The highest BCUT2D eigenvalue weighted by atomic mass is 19.3. The third-order valence-corrected chi connectivity index (χ3v) is 4.78. The maximum Gasteiger partial charge on any atom is 0.316 e. The number of carbonyl (C=O) groups is 1. The highest BCUT2D eigenvalue weighted by molar-refractivity contribution is 5.89. The minimum atomic E-state index is -2.74. The second-order valence-corrected chi connectivity index (χ2v) is 6.67. The van der Waals surface area contributed by atoms with Crippen LogP contribution in [0.4, 0.5) is 8.78 Å². The molecule has 0 bridgehead atoms. The van der Waals surface area contributed by atoms with E-state index in [1.165, 1.54) is 11.0 Å². The van der Waals surface area contributed by atoms with Gasteiger partial charge in [-0.05, 0) is 25.0 Å². The zero-order chi connectivity index (χ0) is 18.8. The lowest BCUT2D eigenvalue weighted by atomic mass is 9.95. The summed E-state index contributed by atoms with van der Waals surface area (Å²) >= 11 is 0. The van der Waals surface area contributed by atoms with Crippen LogP contribution in [0.5, 0.6) is 0 Å². The number of carbonyl (C=O) groups excluding carboxylic acids is 1. The van der Waals surface area contributed by atoms with Gasteiger partial charge in [0.25, 0.3) is 6.43 Å². The molecule has 7 nitrogen and oxygen atoms in total. The van der Waals surface area contributed by atoms with Crippen LogP contribution in [0.1, 0.15) is 60.9 Å². The SMILES string of the molecule is O=C(NC1CCCCC1)c1nc(Cn2c(C(F)F)nc3ccccc32)no1. The molecule has 142 valence electrons. The molecule has 0 spiro atoms. The quantitative estimate of drug-likeness (QED) is 0.738. The number of halogens is 2. The van der Waals surface area contributed by atoms with Crippen molar-refractivity contribution in [2.45, 2.75) is 51.1 Å². The number of aromatic nitrogens is 4. The van der Waals surface area contributed by atoms with Crippen LogP contribution in [0.3, 0.4) is 0 Å². The van der Waals surface area contributed by atoms with Gasteiger partial charge in [-0.25, -0.2) is 13.8 Å². The third-order valence-electron chi connectivity index (χ3n) is 4.78. The number of nitrogens with zero attached hydrogens (tertiary/aromatic N) is 4. The molecule has 1 aliphatic rings. The summed E-state index contributed by atoms with van der Waals surface area (Å²) in [7, 11) is 0. The predicted octanol–water partition coefficient (Wildman–Crippen LogP) is 3.47. The number of hydrogen-bond acceptors (Lipinski definition) is 5. The lowest BCUT2D eigenvalue weighted by Gasteiger charge is -2.21. The minimum Gasteiger partial charge on any atom is -0.345 e. The molecule has 2 aromatic heterocycles. The number of amides is 1. The Balaban J connectivity index is 1.53. The standard InChI is InChI=1S/C18H19F2N5O2/c19-15(20)16-22-12-8-4-5-9-13(12)25(16)10-14-23-18(27-24-14)17(26)21-11-6-2-1-3-7-11/h4-5,8-9,11,15H,1-3,6-7,10H2,(H,21,26). The number of fused-ring (bicyclic) bond motifs is 1. The van der Waals surface area contributed by atoms with Crippen LogP contribution >= 0.6 is 0 Å². The second kappa shape index (κ2) is 7.42. The van der Waals surface area contributed by atoms with Gasteiger partial charge >= 0.3 is 11.8 Å². The van der Waals surface area contributed by atoms with E-state index in [0.717, 1.165) is 25.7 Å². The molecule has 0 unspecified atom stereocenters. The van der Waals surface area contributed by atoms with E-state index in [0.29, 0.717) is 11.0 Å². The van der Waals surface area contributed by atoms with E-state index >= 15 is 0 Å². The van der Waals surface area contributed by atoms with Gasteiger partial charge in [0.05, 0.1) is 17.6 Å². The molecule has 1 amide bonds. The molecular formula is C18H19F2N5O2. The Morgan fingerprint density at radius 1 is 1.22 bits per heavy atom. The van der Waals surface area contributed by atoms with Gasteiger partial charge in [-0.3, -0.25) is 4.79 Å². The molecule has 2 heterocycles. The van der Waals surface area contributed by atoms with Crippen molar-refractivity contribution in [2.75, 3.05) is 0 Å². The summed E-state index contributed by atoms with van der Waals surface area (Å²) in [5, 5.41) is 6.66. The number of imidazole rings is 1. The van der Waals surface area contributed by atoms with Crippen molar-refractivity contribution in [1.29, 1.82) is 0 Å². The van der Waals surface area contributed by atoms with Gasteiger partial charge in [-0.15, -0.1) is 0 Å². The van der Waals surface area contributed by atoms with Crippen molar-refractivity contribution in [3.05, 3.63) is 41.8 Å². The van der Waals surface area contributed by atoms with E-state index in [1.54, 1.807) is 24.3 Å². The first kappa shape index (κ1) is 17.6. The molecule has 0 radical (unpaired) electrons. The maximum atomic E-state index is 13.4. The van der Waals surface area contributed by atoms with Gasteiger partial charge in [0.15, 0.2) is 11.6 Å². The van der Waals surface area contributed by atoms with Crippen molar-refractivity contribution in [2.24, 2.45) is 0 Å². The lowest BCUT2D eigenvalue weighted by Crippen LogP contribution is -2.36. The van der Waals surface area contributed by atoms with Gasteiger partial charge in [-0.2, -0.15) is 4.98 Å². The van der Waals surface area contributed by atoms with Gasteiger partial charge in [0.1, 0.15) is 0 Å². The highest BCUT2D eigenvalue weighted by Crippen LogP contribution is 2.24. The normalized spacial score (nSPS) is 15.5. The lowest BCUT2D eigenvalue weighted by molar-refractivity contribution is 0.0883.